The van der Waals surface area contributed by atoms with E-state index in [-0.39, 0.29) is 5.41 Å². The molecule has 0 heterocycles. The van der Waals surface area contributed by atoms with Gasteiger partial charge in [0, 0.05) is 5.41 Å². The van der Waals surface area contributed by atoms with Crippen molar-refractivity contribution in [1.29, 1.82) is 0 Å². The van der Waals surface area contributed by atoms with Crippen LogP contribution in [0.3, 0.4) is 0 Å². The highest BCUT2D eigenvalue weighted by atomic mass is 14.4. The quantitative estimate of drug-likeness (QED) is 0.185. The standard InChI is InChI=1S/C45H32/c1-45(2)41-21-10-9-16-35(41)40-28-34(24-25-42(40)45)44-38-19-7-5-17-36(38)43(37-18-6-8-20-39(37)44)33-15-11-14-31(27-33)32-23-22-29-12-3-4-13-30(29)26-32/h3-28H,1-2H3. The summed E-state index contributed by atoms with van der Waals surface area (Å²) in [7, 11) is 0. The van der Waals surface area contributed by atoms with Crippen molar-refractivity contribution >= 4 is 32.3 Å². The van der Waals surface area contributed by atoms with Gasteiger partial charge in [0.2, 0.25) is 0 Å². The molecule has 0 bridgehead atoms. The molecule has 0 fully saturated rings. The second-order valence-corrected chi connectivity index (χ2v) is 12.9. The summed E-state index contributed by atoms with van der Waals surface area (Å²) < 4.78 is 0. The van der Waals surface area contributed by atoms with Gasteiger partial charge in [-0.25, -0.2) is 0 Å². The first-order valence-corrected chi connectivity index (χ1v) is 15.9. The number of hydrogen-bond donors (Lipinski definition) is 0. The third kappa shape index (κ3) is 3.92. The van der Waals surface area contributed by atoms with Gasteiger partial charge < -0.3 is 0 Å². The van der Waals surface area contributed by atoms with Gasteiger partial charge in [0.1, 0.15) is 0 Å². The molecule has 0 unspecified atom stereocenters. The zero-order valence-electron chi connectivity index (χ0n) is 25.5. The molecule has 0 spiro atoms. The highest BCUT2D eigenvalue weighted by Crippen LogP contribution is 2.51. The van der Waals surface area contributed by atoms with Gasteiger partial charge in [0.25, 0.3) is 0 Å². The van der Waals surface area contributed by atoms with Crippen molar-refractivity contribution in [3.8, 4) is 44.5 Å². The molecule has 0 saturated carbocycles. The third-order valence-corrected chi connectivity index (χ3v) is 10.0. The fourth-order valence-electron chi connectivity index (χ4n) is 7.85. The minimum absolute atomic E-state index is 0.00545. The Morgan fingerprint density at radius 1 is 0.333 bits per heavy atom. The van der Waals surface area contributed by atoms with Gasteiger partial charge in [-0.3, -0.25) is 0 Å². The van der Waals surface area contributed by atoms with Crippen molar-refractivity contribution in [2.45, 2.75) is 19.3 Å². The summed E-state index contributed by atoms with van der Waals surface area (Å²) in [6.45, 7) is 4.70. The highest BCUT2D eigenvalue weighted by Gasteiger charge is 2.35. The number of hydrogen-bond acceptors (Lipinski definition) is 0. The van der Waals surface area contributed by atoms with E-state index in [0.717, 1.165) is 0 Å². The van der Waals surface area contributed by atoms with Gasteiger partial charge in [-0.2, -0.15) is 0 Å². The smallest absolute Gasteiger partial charge is 0.0158 e. The van der Waals surface area contributed by atoms with Crippen LogP contribution in [0.4, 0.5) is 0 Å². The summed E-state index contributed by atoms with van der Waals surface area (Å²) in [5, 5.41) is 7.66. The molecular formula is C45H32. The number of benzene rings is 8. The van der Waals surface area contributed by atoms with Crippen LogP contribution in [-0.2, 0) is 5.41 Å². The second kappa shape index (κ2) is 9.78. The largest absolute Gasteiger partial charge is 0.0619 e. The molecule has 0 N–H and O–H groups in total. The lowest BCUT2D eigenvalue weighted by Crippen LogP contribution is -2.14. The van der Waals surface area contributed by atoms with E-state index in [4.69, 9.17) is 0 Å². The maximum atomic E-state index is 2.44. The van der Waals surface area contributed by atoms with E-state index in [1.807, 2.05) is 0 Å². The van der Waals surface area contributed by atoms with Gasteiger partial charge in [-0.05, 0) is 106 Å². The molecule has 8 aromatic carbocycles. The molecule has 0 radical (unpaired) electrons. The van der Waals surface area contributed by atoms with Gasteiger partial charge in [-0.1, -0.05) is 153 Å². The van der Waals surface area contributed by atoms with E-state index in [9.17, 15) is 0 Å². The first-order valence-electron chi connectivity index (χ1n) is 15.9. The summed E-state index contributed by atoms with van der Waals surface area (Å²) in [5.41, 5.74) is 13.1. The Bertz CT molecular complexity index is 2400. The Labute approximate surface area is 264 Å². The zero-order valence-corrected chi connectivity index (χ0v) is 25.5. The molecule has 8 aromatic rings. The third-order valence-electron chi connectivity index (χ3n) is 10.0. The Morgan fingerprint density at radius 3 is 1.56 bits per heavy atom. The lowest BCUT2D eigenvalue weighted by molar-refractivity contribution is 0.660. The SMILES string of the molecule is CC1(C)c2ccccc2-c2cc(-c3c4ccccc4c(-c4cccc(-c5ccc6ccccc6c5)c4)c4ccccc34)ccc21. The average molecular weight is 573 g/mol. The Morgan fingerprint density at radius 2 is 0.844 bits per heavy atom. The number of rotatable bonds is 3. The van der Waals surface area contributed by atoms with E-state index in [1.54, 1.807) is 0 Å². The monoisotopic (exact) mass is 572 g/mol. The second-order valence-electron chi connectivity index (χ2n) is 12.9. The van der Waals surface area contributed by atoms with E-state index in [2.05, 4.69) is 172 Å². The van der Waals surface area contributed by atoms with Crippen LogP contribution in [0, 0.1) is 0 Å². The topological polar surface area (TPSA) is 0 Å². The summed E-state index contributed by atoms with van der Waals surface area (Å²) >= 11 is 0. The summed E-state index contributed by atoms with van der Waals surface area (Å²) in [6.07, 6.45) is 0. The van der Waals surface area contributed by atoms with Crippen molar-refractivity contribution in [2.24, 2.45) is 0 Å². The molecule has 0 heteroatoms. The van der Waals surface area contributed by atoms with Crippen molar-refractivity contribution in [3.63, 3.8) is 0 Å². The van der Waals surface area contributed by atoms with E-state index >= 15 is 0 Å². The van der Waals surface area contributed by atoms with Gasteiger partial charge in [0.05, 0.1) is 0 Å². The Kier molecular flexibility index (Phi) is 5.64. The summed E-state index contributed by atoms with van der Waals surface area (Å²) in [6, 6.07) is 58.5. The van der Waals surface area contributed by atoms with Crippen molar-refractivity contribution in [1.82, 2.24) is 0 Å². The zero-order chi connectivity index (χ0) is 30.1. The van der Waals surface area contributed by atoms with Crippen molar-refractivity contribution in [2.75, 3.05) is 0 Å². The summed E-state index contributed by atoms with van der Waals surface area (Å²) in [5.74, 6) is 0. The minimum atomic E-state index is -0.00545. The average Bonchev–Trinajstić information content (AvgIpc) is 3.32. The molecule has 45 heavy (non-hydrogen) atoms. The molecule has 0 saturated heterocycles. The van der Waals surface area contributed by atoms with E-state index in [1.165, 1.54) is 88.0 Å². The number of fused-ring (bicyclic) bond motifs is 6. The van der Waals surface area contributed by atoms with E-state index in [0.29, 0.717) is 0 Å². The van der Waals surface area contributed by atoms with Crippen LogP contribution in [0.5, 0.6) is 0 Å². The maximum Gasteiger partial charge on any atom is 0.0158 e. The van der Waals surface area contributed by atoms with Crippen LogP contribution >= 0.6 is 0 Å². The molecular weight excluding hydrogens is 540 g/mol. The molecule has 1 aliphatic carbocycles. The first kappa shape index (κ1) is 26.0. The van der Waals surface area contributed by atoms with Crippen LogP contribution in [0.25, 0.3) is 76.8 Å². The molecule has 212 valence electrons. The van der Waals surface area contributed by atoms with Crippen molar-refractivity contribution in [3.05, 3.63) is 169 Å². The fraction of sp³-hybridized carbons (Fsp3) is 0.0667. The first-order chi connectivity index (χ1) is 22.1. The van der Waals surface area contributed by atoms with Crippen molar-refractivity contribution < 1.29 is 0 Å². The predicted molar refractivity (Wildman–Crippen MR) is 193 cm³/mol. The molecule has 0 aliphatic heterocycles. The van der Waals surface area contributed by atoms with Gasteiger partial charge in [-0.15, -0.1) is 0 Å². The lowest BCUT2D eigenvalue weighted by Gasteiger charge is -2.22. The molecule has 9 rings (SSSR count). The fourth-order valence-corrected chi connectivity index (χ4v) is 7.85. The van der Waals surface area contributed by atoms with Crippen LogP contribution in [0.1, 0.15) is 25.0 Å². The van der Waals surface area contributed by atoms with E-state index < -0.39 is 0 Å². The molecule has 0 atom stereocenters. The highest BCUT2D eigenvalue weighted by molar-refractivity contribution is 6.21. The normalized spacial score (nSPS) is 13.3. The molecule has 0 aromatic heterocycles. The van der Waals surface area contributed by atoms with Gasteiger partial charge in [0.15, 0.2) is 0 Å². The predicted octanol–water partition coefficient (Wildman–Crippen LogP) is 12.5. The van der Waals surface area contributed by atoms with Crippen LogP contribution in [0.2, 0.25) is 0 Å². The van der Waals surface area contributed by atoms with Gasteiger partial charge >= 0.3 is 0 Å². The maximum absolute atomic E-state index is 2.44. The molecule has 0 amide bonds. The lowest BCUT2D eigenvalue weighted by atomic mass is 9.81. The molecule has 1 aliphatic rings. The Hall–Kier alpha value is -5.46. The molecule has 0 nitrogen and oxygen atoms in total. The van der Waals surface area contributed by atoms with Crippen LogP contribution in [-0.4, -0.2) is 0 Å². The summed E-state index contributed by atoms with van der Waals surface area (Å²) in [4.78, 5) is 0. The van der Waals surface area contributed by atoms with Crippen LogP contribution in [0.15, 0.2) is 158 Å². The van der Waals surface area contributed by atoms with Crippen LogP contribution < -0.4 is 0 Å². The minimum Gasteiger partial charge on any atom is -0.0619 e. The Balaban J connectivity index is 1.28.